The molecule has 0 heterocycles. The van der Waals surface area contributed by atoms with E-state index in [-0.39, 0.29) is 29.2 Å². The monoisotopic (exact) mass is 441 g/mol. The number of carbonyl (C=O) groups is 4. The van der Waals surface area contributed by atoms with Crippen molar-refractivity contribution in [2.45, 2.75) is 24.5 Å². The summed E-state index contributed by atoms with van der Waals surface area (Å²) in [5.74, 6) is -6.35. The number of benzene rings is 1. The molecule has 1 aromatic rings. The number of anilines is 1. The number of phenolic OH excluding ortho intramolecular Hbond substituents is 1. The number of hydrogen-bond acceptors (Lipinski definition) is 8. The summed E-state index contributed by atoms with van der Waals surface area (Å²) >= 11 is 0. The maximum absolute atomic E-state index is 13.4. The van der Waals surface area contributed by atoms with Crippen LogP contribution >= 0.6 is 0 Å². The highest BCUT2D eigenvalue weighted by molar-refractivity contribution is 6.25. The molecule has 0 aromatic heterocycles. The van der Waals surface area contributed by atoms with E-state index in [1.165, 1.54) is 12.1 Å². The van der Waals surface area contributed by atoms with Gasteiger partial charge in [-0.05, 0) is 56.6 Å². The summed E-state index contributed by atoms with van der Waals surface area (Å²) in [6.07, 6.45) is 1.81. The van der Waals surface area contributed by atoms with Crippen LogP contribution in [0.2, 0.25) is 0 Å². The molecule has 32 heavy (non-hydrogen) atoms. The zero-order valence-electron chi connectivity index (χ0n) is 18.5. The number of phenols is 1. The molecule has 3 aliphatic rings. The van der Waals surface area contributed by atoms with Gasteiger partial charge in [-0.15, -0.1) is 0 Å². The number of fused-ring (bicyclic) bond motifs is 3. The molecular weight excluding hydrogens is 414 g/mol. The van der Waals surface area contributed by atoms with Gasteiger partial charge in [0.15, 0.2) is 23.3 Å². The number of allylic oxidation sites excluding steroid dienone is 1. The Labute approximate surface area is 185 Å². The van der Waals surface area contributed by atoms with Crippen molar-refractivity contribution in [3.05, 3.63) is 34.9 Å². The fraction of sp³-hybridized carbons (Fsp3) is 0.478. The Balaban J connectivity index is 1.90. The van der Waals surface area contributed by atoms with E-state index >= 15 is 0 Å². The number of hydrogen-bond donors (Lipinski definition) is 3. The number of carbonyl (C=O) groups excluding carboxylic acids is 4. The smallest absolute Gasteiger partial charge is 0.235 e. The van der Waals surface area contributed by atoms with Crippen molar-refractivity contribution in [2.75, 3.05) is 33.1 Å². The largest absolute Gasteiger partial charge is 0.507 e. The maximum atomic E-state index is 13.4. The molecule has 0 saturated heterocycles. The fourth-order valence-corrected chi connectivity index (χ4v) is 5.65. The molecule has 0 radical (unpaired) electrons. The predicted molar refractivity (Wildman–Crippen MR) is 115 cm³/mol. The minimum absolute atomic E-state index is 0.149. The molecule has 0 bridgehead atoms. The first-order valence-electron chi connectivity index (χ1n) is 10.5. The van der Waals surface area contributed by atoms with Crippen molar-refractivity contribution in [1.29, 1.82) is 0 Å². The summed E-state index contributed by atoms with van der Waals surface area (Å²) in [5.41, 5.74) is 5.00. The number of rotatable bonds is 3. The zero-order chi connectivity index (χ0) is 23.7. The number of aliphatic hydroxyl groups is 1. The van der Waals surface area contributed by atoms with E-state index in [1.54, 1.807) is 25.1 Å². The lowest BCUT2D eigenvalue weighted by atomic mass is 9.57. The maximum Gasteiger partial charge on any atom is 0.235 e. The second-order valence-electron chi connectivity index (χ2n) is 9.36. The normalized spacial score (nSPS) is 31.6. The SMILES string of the molecule is CN(C)c1ccc(O)c2c1C[C@H]1C[C@H]3[C@H](N(C)C)C(=O)C(C(N)=O)C(=O)[C@@]3(O)C=C1C2=O. The van der Waals surface area contributed by atoms with Crippen molar-refractivity contribution in [1.82, 2.24) is 4.90 Å². The van der Waals surface area contributed by atoms with Crippen molar-refractivity contribution >= 4 is 28.9 Å². The summed E-state index contributed by atoms with van der Waals surface area (Å²) in [4.78, 5) is 55.0. The first-order chi connectivity index (χ1) is 14.9. The number of Topliss-reactive ketones (excluding diaryl/α,β-unsaturated/α-hetero) is 3. The molecule has 1 aromatic carbocycles. The zero-order valence-corrected chi connectivity index (χ0v) is 18.5. The highest BCUT2D eigenvalue weighted by atomic mass is 16.3. The van der Waals surface area contributed by atoms with E-state index in [4.69, 9.17) is 5.73 Å². The topological polar surface area (TPSA) is 141 Å². The minimum Gasteiger partial charge on any atom is -0.507 e. The second-order valence-corrected chi connectivity index (χ2v) is 9.36. The first kappa shape index (κ1) is 22.2. The minimum atomic E-state index is -2.18. The Hall–Kier alpha value is -3.04. The first-order valence-corrected chi connectivity index (χ1v) is 10.5. The van der Waals surface area contributed by atoms with Gasteiger partial charge in [-0.1, -0.05) is 0 Å². The Bertz CT molecular complexity index is 1090. The third-order valence-corrected chi connectivity index (χ3v) is 7.06. The Morgan fingerprint density at radius 1 is 1.16 bits per heavy atom. The molecule has 4 rings (SSSR count). The molecule has 170 valence electrons. The number of aromatic hydroxyl groups is 1. The van der Waals surface area contributed by atoms with Gasteiger partial charge in [0.25, 0.3) is 0 Å². The van der Waals surface area contributed by atoms with Crippen LogP contribution in [0.25, 0.3) is 0 Å². The highest BCUT2D eigenvalue weighted by Crippen LogP contribution is 2.50. The van der Waals surface area contributed by atoms with E-state index < -0.39 is 46.7 Å². The van der Waals surface area contributed by atoms with Gasteiger partial charge in [-0.2, -0.15) is 0 Å². The van der Waals surface area contributed by atoms with Gasteiger partial charge in [-0.25, -0.2) is 0 Å². The molecule has 0 aliphatic heterocycles. The summed E-state index contributed by atoms with van der Waals surface area (Å²) < 4.78 is 0. The quantitative estimate of drug-likeness (QED) is 0.542. The van der Waals surface area contributed by atoms with Gasteiger partial charge >= 0.3 is 0 Å². The van der Waals surface area contributed by atoms with E-state index in [0.717, 1.165) is 5.69 Å². The van der Waals surface area contributed by atoms with Crippen LogP contribution in [0, 0.1) is 17.8 Å². The van der Waals surface area contributed by atoms with Crippen LogP contribution in [-0.4, -0.2) is 78.2 Å². The lowest BCUT2D eigenvalue weighted by molar-refractivity contribution is -0.164. The van der Waals surface area contributed by atoms with E-state index in [2.05, 4.69) is 0 Å². The van der Waals surface area contributed by atoms with Crippen LogP contribution in [0.4, 0.5) is 5.69 Å². The van der Waals surface area contributed by atoms with E-state index in [0.29, 0.717) is 12.0 Å². The molecule has 1 fully saturated rings. The highest BCUT2D eigenvalue weighted by Gasteiger charge is 2.62. The molecular formula is C23H27N3O6. The van der Waals surface area contributed by atoms with Crippen LogP contribution in [0.15, 0.2) is 23.8 Å². The molecule has 1 saturated carbocycles. The van der Waals surface area contributed by atoms with Gasteiger partial charge in [-0.3, -0.25) is 24.1 Å². The van der Waals surface area contributed by atoms with Crippen LogP contribution in [0.1, 0.15) is 22.3 Å². The average Bonchev–Trinajstić information content (AvgIpc) is 2.68. The molecule has 3 aliphatic carbocycles. The molecule has 1 unspecified atom stereocenters. The fourth-order valence-electron chi connectivity index (χ4n) is 5.65. The summed E-state index contributed by atoms with van der Waals surface area (Å²) in [6.45, 7) is 0. The number of ketones is 3. The van der Waals surface area contributed by atoms with Crippen LogP contribution in [-0.2, 0) is 20.8 Å². The molecule has 4 N–H and O–H groups in total. The summed E-state index contributed by atoms with van der Waals surface area (Å²) in [7, 11) is 6.96. The lowest BCUT2D eigenvalue weighted by Crippen LogP contribution is -2.68. The number of amides is 1. The molecule has 5 atom stereocenters. The van der Waals surface area contributed by atoms with Crippen molar-refractivity contribution < 1.29 is 29.4 Å². The predicted octanol–water partition coefficient (Wildman–Crippen LogP) is -0.326. The molecule has 9 nitrogen and oxygen atoms in total. The van der Waals surface area contributed by atoms with Crippen molar-refractivity contribution in [3.8, 4) is 5.75 Å². The Kier molecular flexibility index (Phi) is 5.02. The van der Waals surface area contributed by atoms with Crippen LogP contribution in [0.5, 0.6) is 5.75 Å². The van der Waals surface area contributed by atoms with Gasteiger partial charge in [0.1, 0.15) is 11.4 Å². The Morgan fingerprint density at radius 2 is 1.81 bits per heavy atom. The third kappa shape index (κ3) is 2.91. The standard InChI is InChI=1S/C23H27N3O6/c1-25(2)14-5-6-15(27)16-11(14)7-10-8-13-18(26(3)4)20(29)17(22(24)31)21(30)23(13,32)9-12(10)19(16)28/h5-6,9-10,13,17-18,27,32H,7-8H2,1-4H3,(H2,24,31)/t10-,13-,17?,18-,23+/m0/s1. The van der Waals surface area contributed by atoms with Crippen LogP contribution in [0.3, 0.4) is 0 Å². The van der Waals surface area contributed by atoms with Gasteiger partial charge in [0.2, 0.25) is 5.91 Å². The average molecular weight is 441 g/mol. The van der Waals surface area contributed by atoms with E-state index in [9.17, 15) is 29.4 Å². The third-order valence-electron chi connectivity index (χ3n) is 7.06. The van der Waals surface area contributed by atoms with Gasteiger partial charge in [0.05, 0.1) is 11.6 Å². The van der Waals surface area contributed by atoms with Crippen molar-refractivity contribution in [2.24, 2.45) is 23.5 Å². The number of likely N-dealkylation sites (N-methyl/N-ethyl adjacent to an activating group) is 1. The molecule has 0 spiro atoms. The second kappa shape index (κ2) is 7.25. The number of primary amides is 1. The Morgan fingerprint density at radius 3 is 2.38 bits per heavy atom. The van der Waals surface area contributed by atoms with Crippen molar-refractivity contribution in [3.63, 3.8) is 0 Å². The number of nitrogens with zero attached hydrogens (tertiary/aromatic N) is 2. The van der Waals surface area contributed by atoms with Gasteiger partial charge < -0.3 is 20.8 Å². The molecule has 9 heteroatoms. The van der Waals surface area contributed by atoms with Crippen LogP contribution < -0.4 is 10.6 Å². The summed E-state index contributed by atoms with van der Waals surface area (Å²) in [5, 5.41) is 21.9. The summed E-state index contributed by atoms with van der Waals surface area (Å²) in [6, 6.07) is 2.27. The molecule has 1 amide bonds. The van der Waals surface area contributed by atoms with E-state index in [1.807, 2.05) is 19.0 Å². The van der Waals surface area contributed by atoms with Gasteiger partial charge in [0, 0.05) is 31.3 Å². The lowest BCUT2D eigenvalue weighted by Gasteiger charge is -2.50. The number of nitrogens with two attached hydrogens (primary N) is 1.